The van der Waals surface area contributed by atoms with Gasteiger partial charge in [0.25, 0.3) is 11.6 Å². The average Bonchev–Trinajstić information content (AvgIpc) is 2.15. The van der Waals surface area contributed by atoms with Gasteiger partial charge in [-0.3, -0.25) is 14.9 Å². The van der Waals surface area contributed by atoms with E-state index >= 15 is 0 Å². The molecule has 0 aliphatic rings. The second kappa shape index (κ2) is 3.82. The van der Waals surface area contributed by atoms with Crippen molar-refractivity contribution in [2.45, 2.75) is 6.92 Å². The molecule has 0 aliphatic heterocycles. The molecule has 0 aliphatic carbocycles. The molecule has 0 aromatic carbocycles. The number of carbonyl (C=O) groups is 1. The minimum atomic E-state index is -0.532. The van der Waals surface area contributed by atoms with E-state index in [2.05, 4.69) is 10.3 Å². The minimum Gasteiger partial charge on any atom is -0.354 e. The highest BCUT2D eigenvalue weighted by molar-refractivity contribution is 5.92. The maximum atomic E-state index is 11.1. The molecule has 1 aromatic heterocycles. The molecule has 74 valence electrons. The van der Waals surface area contributed by atoms with E-state index in [4.69, 9.17) is 0 Å². The van der Waals surface area contributed by atoms with Crippen LogP contribution in [-0.4, -0.2) is 22.9 Å². The van der Waals surface area contributed by atoms with Crippen LogP contribution < -0.4 is 5.32 Å². The van der Waals surface area contributed by atoms with Crippen LogP contribution >= 0.6 is 0 Å². The van der Waals surface area contributed by atoms with E-state index in [0.717, 1.165) is 6.20 Å². The van der Waals surface area contributed by atoms with Crippen molar-refractivity contribution in [3.05, 3.63) is 33.6 Å². The van der Waals surface area contributed by atoms with Crippen molar-refractivity contribution >= 4 is 11.6 Å². The van der Waals surface area contributed by atoms with Crippen LogP contribution in [0, 0.1) is 17.0 Å². The lowest BCUT2D eigenvalue weighted by atomic mass is 10.2. The van der Waals surface area contributed by atoms with E-state index in [1.165, 1.54) is 13.1 Å². The third-order valence-corrected chi connectivity index (χ3v) is 1.74. The molecule has 6 nitrogen and oxygen atoms in total. The first kappa shape index (κ1) is 10.1. The van der Waals surface area contributed by atoms with Gasteiger partial charge in [0.15, 0.2) is 0 Å². The zero-order chi connectivity index (χ0) is 10.7. The third kappa shape index (κ3) is 1.85. The summed E-state index contributed by atoms with van der Waals surface area (Å²) in [6, 6.07) is 1.39. The van der Waals surface area contributed by atoms with Gasteiger partial charge in [-0.25, -0.2) is 4.98 Å². The third-order valence-electron chi connectivity index (χ3n) is 1.74. The van der Waals surface area contributed by atoms with E-state index in [1.807, 2.05) is 0 Å². The molecule has 0 fully saturated rings. The highest BCUT2D eigenvalue weighted by Crippen LogP contribution is 2.16. The van der Waals surface area contributed by atoms with Crippen LogP contribution in [0.3, 0.4) is 0 Å². The second-order valence-corrected chi connectivity index (χ2v) is 2.69. The summed E-state index contributed by atoms with van der Waals surface area (Å²) in [5.74, 6) is -0.358. The average molecular weight is 195 g/mol. The summed E-state index contributed by atoms with van der Waals surface area (Å²) in [6.45, 7) is 1.56. The molecule has 0 spiro atoms. The number of hydrogen-bond donors (Lipinski definition) is 1. The highest BCUT2D eigenvalue weighted by atomic mass is 16.6. The Morgan fingerprint density at radius 2 is 2.29 bits per heavy atom. The summed E-state index contributed by atoms with van der Waals surface area (Å²) in [5.41, 5.74) is 0.511. The number of nitrogens with one attached hydrogen (secondary N) is 1. The maximum Gasteiger partial charge on any atom is 0.290 e. The fourth-order valence-corrected chi connectivity index (χ4v) is 0.992. The summed E-state index contributed by atoms with van der Waals surface area (Å²) in [4.78, 5) is 24.7. The molecule has 1 aromatic rings. The van der Waals surface area contributed by atoms with E-state index < -0.39 is 4.92 Å². The monoisotopic (exact) mass is 195 g/mol. The molecule has 6 heteroatoms. The van der Waals surface area contributed by atoms with Crippen molar-refractivity contribution in [3.8, 4) is 0 Å². The van der Waals surface area contributed by atoms with Crippen LogP contribution in [0.4, 0.5) is 5.69 Å². The molecule has 0 unspecified atom stereocenters. The fourth-order valence-electron chi connectivity index (χ4n) is 0.992. The summed E-state index contributed by atoms with van der Waals surface area (Å²) >= 11 is 0. The molecule has 1 heterocycles. The van der Waals surface area contributed by atoms with Gasteiger partial charge in [-0.05, 0) is 13.0 Å². The lowest BCUT2D eigenvalue weighted by Crippen LogP contribution is -2.19. The Hall–Kier alpha value is -1.98. The van der Waals surface area contributed by atoms with Gasteiger partial charge in [-0.1, -0.05) is 0 Å². The van der Waals surface area contributed by atoms with E-state index in [0.29, 0.717) is 5.56 Å². The molecule has 0 saturated heterocycles. The SMILES string of the molecule is CNC(=O)c1cc(C)c([N+](=O)[O-])cn1. The van der Waals surface area contributed by atoms with Gasteiger partial charge in [0, 0.05) is 12.6 Å². The van der Waals surface area contributed by atoms with Gasteiger partial charge in [0.05, 0.1) is 4.92 Å². The standard InChI is InChI=1S/C8H9N3O3/c1-5-3-6(8(12)9-2)10-4-7(5)11(13)14/h3-4H,1-2H3,(H,9,12). The normalized spacial score (nSPS) is 9.57. The predicted molar refractivity (Wildman–Crippen MR) is 49.0 cm³/mol. The molecular weight excluding hydrogens is 186 g/mol. The van der Waals surface area contributed by atoms with Crippen molar-refractivity contribution < 1.29 is 9.72 Å². The molecule has 0 atom stereocenters. The maximum absolute atomic E-state index is 11.1. The van der Waals surface area contributed by atoms with Crippen molar-refractivity contribution in [3.63, 3.8) is 0 Å². The van der Waals surface area contributed by atoms with Crippen LogP contribution in [0.1, 0.15) is 16.1 Å². The first-order chi connectivity index (χ1) is 6.56. The molecule has 1 rings (SSSR count). The van der Waals surface area contributed by atoms with Crippen molar-refractivity contribution in [2.24, 2.45) is 0 Å². The fraction of sp³-hybridized carbons (Fsp3) is 0.250. The number of rotatable bonds is 2. The van der Waals surface area contributed by atoms with Crippen LogP contribution in [0.2, 0.25) is 0 Å². The Morgan fingerprint density at radius 3 is 2.71 bits per heavy atom. The van der Waals surface area contributed by atoms with Crippen molar-refractivity contribution in [2.75, 3.05) is 7.05 Å². The van der Waals surface area contributed by atoms with Gasteiger partial charge in [0.1, 0.15) is 11.9 Å². The zero-order valence-corrected chi connectivity index (χ0v) is 7.77. The number of nitro groups is 1. The molecule has 0 bridgehead atoms. The number of carbonyl (C=O) groups excluding carboxylic acids is 1. The predicted octanol–water partition coefficient (Wildman–Crippen LogP) is 0.658. The summed E-state index contributed by atoms with van der Waals surface area (Å²) in [6.07, 6.45) is 1.08. The summed E-state index contributed by atoms with van der Waals surface area (Å²) in [7, 11) is 1.47. The Labute approximate surface area is 80.1 Å². The number of hydrogen-bond acceptors (Lipinski definition) is 4. The first-order valence-corrected chi connectivity index (χ1v) is 3.89. The summed E-state index contributed by atoms with van der Waals surface area (Å²) in [5, 5.41) is 12.8. The number of amides is 1. The van der Waals surface area contributed by atoms with E-state index in [1.54, 1.807) is 6.92 Å². The quantitative estimate of drug-likeness (QED) is 0.554. The topological polar surface area (TPSA) is 85.1 Å². The Kier molecular flexibility index (Phi) is 2.76. The lowest BCUT2D eigenvalue weighted by molar-refractivity contribution is -0.385. The van der Waals surface area contributed by atoms with Gasteiger partial charge < -0.3 is 5.32 Å². The Bertz CT molecular complexity index is 389. The van der Waals surface area contributed by atoms with Crippen LogP contribution in [0.25, 0.3) is 0 Å². The Morgan fingerprint density at radius 1 is 1.64 bits per heavy atom. The number of pyridine rings is 1. The van der Waals surface area contributed by atoms with Crippen LogP contribution in [0.15, 0.2) is 12.3 Å². The molecular formula is C8H9N3O3. The first-order valence-electron chi connectivity index (χ1n) is 3.89. The molecule has 14 heavy (non-hydrogen) atoms. The largest absolute Gasteiger partial charge is 0.354 e. The molecule has 1 N–H and O–H groups in total. The van der Waals surface area contributed by atoms with Crippen LogP contribution in [-0.2, 0) is 0 Å². The van der Waals surface area contributed by atoms with Crippen molar-refractivity contribution in [1.82, 2.24) is 10.3 Å². The van der Waals surface area contributed by atoms with Gasteiger partial charge >= 0.3 is 0 Å². The van der Waals surface area contributed by atoms with Gasteiger partial charge in [-0.2, -0.15) is 0 Å². The molecule has 0 radical (unpaired) electrons. The summed E-state index contributed by atoms with van der Waals surface area (Å²) < 4.78 is 0. The molecule has 1 amide bonds. The van der Waals surface area contributed by atoms with Crippen LogP contribution in [0.5, 0.6) is 0 Å². The smallest absolute Gasteiger partial charge is 0.290 e. The number of aryl methyl sites for hydroxylation is 1. The number of aromatic nitrogens is 1. The van der Waals surface area contributed by atoms with Gasteiger partial charge in [-0.15, -0.1) is 0 Å². The Balaban J connectivity index is 3.12. The second-order valence-electron chi connectivity index (χ2n) is 2.69. The zero-order valence-electron chi connectivity index (χ0n) is 7.77. The van der Waals surface area contributed by atoms with E-state index in [-0.39, 0.29) is 17.3 Å². The van der Waals surface area contributed by atoms with Gasteiger partial charge in [0.2, 0.25) is 0 Å². The van der Waals surface area contributed by atoms with E-state index in [9.17, 15) is 14.9 Å². The lowest BCUT2D eigenvalue weighted by Gasteiger charge is -2.00. The number of nitrogens with zero attached hydrogens (tertiary/aromatic N) is 2. The highest BCUT2D eigenvalue weighted by Gasteiger charge is 2.13. The van der Waals surface area contributed by atoms with Crippen molar-refractivity contribution in [1.29, 1.82) is 0 Å². The minimum absolute atomic E-state index is 0.0855. The molecule has 0 saturated carbocycles.